The summed E-state index contributed by atoms with van der Waals surface area (Å²) in [7, 11) is 0. The van der Waals surface area contributed by atoms with E-state index in [2.05, 4.69) is 20.9 Å². The van der Waals surface area contributed by atoms with Gasteiger partial charge in [0.05, 0.1) is 0 Å². The zero-order chi connectivity index (χ0) is 15.6. The number of hydrogen-bond acceptors (Lipinski definition) is 2. The fraction of sp³-hybridized carbons (Fsp3) is 0.444. The molecule has 0 N–H and O–H groups in total. The number of halogens is 1. The summed E-state index contributed by atoms with van der Waals surface area (Å²) in [6, 6.07) is 2.86. The Morgan fingerprint density at radius 3 is 2.92 bits per heavy atom. The highest BCUT2D eigenvalue weighted by molar-refractivity contribution is 9.10. The summed E-state index contributed by atoms with van der Waals surface area (Å²) < 4.78 is 62.6. The van der Waals surface area contributed by atoms with E-state index in [1.165, 1.54) is 12.3 Å². The van der Waals surface area contributed by atoms with Gasteiger partial charge < -0.3 is 4.90 Å². The second-order valence-electron chi connectivity index (χ2n) is 2.14. The minimum absolute atomic E-state index is 0.181. The molecule has 0 unspecified atom stereocenters. The van der Waals surface area contributed by atoms with Gasteiger partial charge in [-0.25, -0.2) is 4.98 Å². The number of rotatable bonds is 1. The van der Waals surface area contributed by atoms with E-state index < -0.39 is 25.7 Å². The van der Waals surface area contributed by atoms with Crippen LogP contribution in [0.2, 0.25) is 0 Å². The minimum Gasteiger partial charge on any atom is -0.357 e. The van der Waals surface area contributed by atoms with Crippen molar-refractivity contribution in [3.05, 3.63) is 22.8 Å². The van der Waals surface area contributed by atoms with Crippen molar-refractivity contribution in [1.29, 1.82) is 0 Å². The molecule has 12 heavy (non-hydrogen) atoms. The Labute approximate surface area is 92.0 Å². The van der Waals surface area contributed by atoms with Gasteiger partial charge in [0.1, 0.15) is 5.82 Å². The fourth-order valence-corrected chi connectivity index (χ4v) is 1.15. The smallest absolute Gasteiger partial charge is 0.129 e. The first kappa shape index (κ1) is 2.98. The Kier molecular flexibility index (Phi) is 0.853. The molecule has 2 rings (SSSR count). The first-order chi connectivity index (χ1) is 8.87. The Morgan fingerprint density at radius 2 is 2.25 bits per heavy atom. The first-order valence-corrected chi connectivity index (χ1v) is 4.08. The van der Waals surface area contributed by atoms with Crippen LogP contribution in [-0.2, 0) is 0 Å². The molecular formula is C9H11BrN2. The van der Waals surface area contributed by atoms with Crippen molar-refractivity contribution in [2.75, 3.05) is 17.9 Å². The number of aromatic nitrogens is 1. The highest BCUT2D eigenvalue weighted by atomic mass is 79.9. The van der Waals surface area contributed by atoms with Gasteiger partial charge in [0, 0.05) is 34.6 Å². The molecule has 64 valence electrons. The lowest BCUT2D eigenvalue weighted by molar-refractivity contribution is 0.936. The summed E-state index contributed by atoms with van der Waals surface area (Å²) in [5, 5.41) is 0. The van der Waals surface area contributed by atoms with Gasteiger partial charge in [-0.1, -0.05) is 15.9 Å². The van der Waals surface area contributed by atoms with E-state index in [-0.39, 0.29) is 5.82 Å². The molecule has 0 aliphatic carbocycles. The lowest BCUT2D eigenvalue weighted by Gasteiger charge is -2.15. The summed E-state index contributed by atoms with van der Waals surface area (Å²) in [6.07, 6.45) is -4.80. The fourth-order valence-electron chi connectivity index (χ4n) is 0.826. The van der Waals surface area contributed by atoms with E-state index in [1.807, 2.05) is 0 Å². The van der Waals surface area contributed by atoms with Gasteiger partial charge in [0.15, 0.2) is 0 Å². The molecule has 0 bridgehead atoms. The van der Waals surface area contributed by atoms with Crippen LogP contribution in [0.4, 0.5) is 5.82 Å². The summed E-state index contributed by atoms with van der Waals surface area (Å²) in [5.41, 5.74) is 0. The maximum Gasteiger partial charge on any atom is 0.129 e. The maximum absolute atomic E-state index is 7.85. The predicted molar refractivity (Wildman–Crippen MR) is 53.4 cm³/mol. The highest BCUT2D eigenvalue weighted by Gasteiger charge is 2.12. The number of nitrogens with zero attached hydrogens (tertiary/aromatic N) is 2. The molecule has 0 radical (unpaired) electrons. The molecule has 0 saturated carbocycles. The van der Waals surface area contributed by atoms with Crippen molar-refractivity contribution < 1.29 is 11.0 Å². The molecule has 2 nitrogen and oxygen atoms in total. The molecule has 1 aliphatic heterocycles. The minimum atomic E-state index is -3.05. The molecule has 1 fully saturated rings. The number of anilines is 1. The van der Waals surface area contributed by atoms with Crippen LogP contribution in [0.5, 0.6) is 0 Å². The molecule has 0 atom stereocenters. The van der Waals surface area contributed by atoms with Gasteiger partial charge in [-0.2, -0.15) is 0 Å². The second kappa shape index (κ2) is 3.44. The second-order valence-corrected chi connectivity index (χ2v) is 3.06. The van der Waals surface area contributed by atoms with Crippen molar-refractivity contribution in [3.8, 4) is 0 Å². The summed E-state index contributed by atoms with van der Waals surface area (Å²) >= 11 is 3.14. The largest absolute Gasteiger partial charge is 0.357 e. The van der Waals surface area contributed by atoms with Gasteiger partial charge in [-0.15, -0.1) is 0 Å². The van der Waals surface area contributed by atoms with E-state index in [4.69, 9.17) is 11.0 Å². The van der Waals surface area contributed by atoms with E-state index in [1.54, 1.807) is 6.07 Å². The zero-order valence-corrected chi connectivity index (χ0v) is 7.59. The molecule has 0 aromatic carbocycles. The van der Waals surface area contributed by atoms with Crippen LogP contribution in [0.25, 0.3) is 0 Å². The lowest BCUT2D eigenvalue weighted by atomic mass is 10.4. The van der Waals surface area contributed by atoms with E-state index in [9.17, 15) is 0 Å². The van der Waals surface area contributed by atoms with Crippen LogP contribution >= 0.6 is 15.9 Å². The monoisotopic (exact) mass is 234 g/mol. The van der Waals surface area contributed by atoms with Crippen molar-refractivity contribution in [3.63, 3.8) is 0 Å². The topological polar surface area (TPSA) is 16.1 Å². The number of hydrogen-bond donors (Lipinski definition) is 0. The van der Waals surface area contributed by atoms with Crippen LogP contribution in [0.3, 0.4) is 0 Å². The van der Waals surface area contributed by atoms with Crippen LogP contribution < -0.4 is 4.90 Å². The summed E-state index contributed by atoms with van der Waals surface area (Å²) in [6.45, 7) is -5.79. The standard InChI is InChI=1S/C9H11BrN2/c10-8-3-4-11-9(7-8)12-5-1-2-6-12/h3-4,7H,1-2,5-6H2/i1D2,2D2,5D2,6D2. The van der Waals surface area contributed by atoms with Crippen LogP contribution in [0.15, 0.2) is 22.8 Å². The molecule has 0 amide bonds. The molecule has 2 heterocycles. The quantitative estimate of drug-likeness (QED) is 0.743. The first-order valence-electron chi connectivity index (χ1n) is 7.29. The molecule has 1 aliphatic rings. The van der Waals surface area contributed by atoms with Crippen molar-refractivity contribution in [2.45, 2.75) is 12.7 Å². The van der Waals surface area contributed by atoms with Crippen LogP contribution in [0, 0.1) is 0 Å². The third-order valence-corrected chi connectivity index (χ3v) is 1.83. The zero-order valence-electron chi connectivity index (χ0n) is 14.0. The molecular weight excluding hydrogens is 216 g/mol. The highest BCUT2D eigenvalue weighted by Crippen LogP contribution is 2.20. The van der Waals surface area contributed by atoms with Crippen molar-refractivity contribution in [2.24, 2.45) is 0 Å². The Bertz CT molecular complexity index is 521. The molecule has 3 heteroatoms. The van der Waals surface area contributed by atoms with Crippen LogP contribution in [0.1, 0.15) is 23.7 Å². The van der Waals surface area contributed by atoms with Gasteiger partial charge in [-0.3, -0.25) is 0 Å². The average Bonchev–Trinajstić information content (AvgIpc) is 2.33. The van der Waals surface area contributed by atoms with Crippen LogP contribution in [-0.4, -0.2) is 18.0 Å². The maximum atomic E-state index is 7.85. The van der Waals surface area contributed by atoms with Gasteiger partial charge in [0.25, 0.3) is 0 Å². The van der Waals surface area contributed by atoms with Gasteiger partial charge in [0.2, 0.25) is 0 Å². The Balaban J connectivity index is 2.69. The third-order valence-electron chi connectivity index (χ3n) is 1.33. The predicted octanol–water partition coefficient (Wildman–Crippen LogP) is 2.44. The molecule has 1 aromatic heterocycles. The molecule has 1 aromatic rings. The van der Waals surface area contributed by atoms with Crippen molar-refractivity contribution in [1.82, 2.24) is 4.98 Å². The lowest BCUT2D eigenvalue weighted by Crippen LogP contribution is -2.18. The van der Waals surface area contributed by atoms with Gasteiger partial charge >= 0.3 is 0 Å². The Hall–Kier alpha value is -0.570. The summed E-state index contributed by atoms with van der Waals surface area (Å²) in [5.74, 6) is -0.181. The van der Waals surface area contributed by atoms with E-state index in [0.717, 1.165) is 0 Å². The normalized spacial score (nSPS) is 43.6. The SMILES string of the molecule is [2H]C1([2H])N(c2cc(Br)ccn2)C([2H])([2H])C([2H])([2H])C1([2H])[2H]. The van der Waals surface area contributed by atoms with E-state index >= 15 is 0 Å². The molecule has 0 spiro atoms. The van der Waals surface area contributed by atoms with Gasteiger partial charge in [-0.05, 0) is 24.9 Å². The van der Waals surface area contributed by atoms with Crippen molar-refractivity contribution >= 4 is 21.7 Å². The summed E-state index contributed by atoms with van der Waals surface area (Å²) in [4.78, 5) is 4.25. The average molecular weight is 235 g/mol. The van der Waals surface area contributed by atoms with E-state index in [0.29, 0.717) is 9.37 Å². The Morgan fingerprint density at radius 1 is 1.50 bits per heavy atom. The number of pyridine rings is 1. The molecule has 1 saturated heterocycles. The third kappa shape index (κ3) is 1.61.